The molecule has 0 saturated heterocycles. The van der Waals surface area contributed by atoms with E-state index in [9.17, 15) is 4.79 Å². The van der Waals surface area contributed by atoms with E-state index < -0.39 is 5.97 Å². The summed E-state index contributed by atoms with van der Waals surface area (Å²) in [4.78, 5) is 11.9. The van der Waals surface area contributed by atoms with E-state index in [1.54, 1.807) is 11.8 Å². The molecule has 0 aliphatic rings. The van der Waals surface area contributed by atoms with Crippen LogP contribution in [-0.2, 0) is 11.2 Å². The Bertz CT molecular complexity index is 611. The molecule has 0 aliphatic heterocycles. The van der Waals surface area contributed by atoms with Gasteiger partial charge in [0.15, 0.2) is 5.16 Å². The van der Waals surface area contributed by atoms with Crippen molar-refractivity contribution < 1.29 is 9.90 Å². The van der Waals surface area contributed by atoms with Crippen LogP contribution in [0.15, 0.2) is 34.3 Å². The highest BCUT2D eigenvalue weighted by molar-refractivity contribution is 7.99. The number of carbonyl (C=O) groups is 1. The molecule has 1 aromatic carbocycles. The summed E-state index contributed by atoms with van der Waals surface area (Å²) in [7, 11) is 0. The van der Waals surface area contributed by atoms with Crippen LogP contribution < -0.4 is 0 Å². The molecule has 5 nitrogen and oxygen atoms in total. The fourth-order valence-corrected chi connectivity index (χ4v) is 3.00. The Morgan fingerprint density at radius 3 is 2.57 bits per heavy atom. The van der Waals surface area contributed by atoms with Crippen molar-refractivity contribution in [3.8, 4) is 5.69 Å². The zero-order valence-electron chi connectivity index (χ0n) is 11.9. The maximum Gasteiger partial charge on any atom is 0.313 e. The van der Waals surface area contributed by atoms with Gasteiger partial charge in [0.1, 0.15) is 5.82 Å². The first kappa shape index (κ1) is 15.9. The van der Waals surface area contributed by atoms with Crippen LogP contribution in [0.4, 0.5) is 0 Å². The quantitative estimate of drug-likeness (QED) is 0.790. The molecule has 1 heterocycles. The van der Waals surface area contributed by atoms with E-state index in [0.717, 1.165) is 24.4 Å². The molecule has 0 spiro atoms. The molecule has 1 N–H and O–H groups in total. The van der Waals surface area contributed by atoms with Gasteiger partial charge in [-0.05, 0) is 36.9 Å². The van der Waals surface area contributed by atoms with Gasteiger partial charge in [0, 0.05) is 17.0 Å². The molecule has 0 atom stereocenters. The molecule has 0 bridgehead atoms. The van der Waals surface area contributed by atoms with Crippen molar-refractivity contribution >= 4 is 29.5 Å². The van der Waals surface area contributed by atoms with Crippen molar-refractivity contribution in [2.45, 2.75) is 29.8 Å². The highest BCUT2D eigenvalue weighted by Crippen LogP contribution is 2.24. The standard InChI is InChI=1S/C14H17N3O2S2/c1-3-4-12-15-16-14(21-9-13(18)19)17(12)10-5-7-11(20-2)8-6-10/h5-8H,3-4,9H2,1-2H3,(H,18,19). The summed E-state index contributed by atoms with van der Waals surface area (Å²) in [6.07, 6.45) is 3.81. The van der Waals surface area contributed by atoms with Crippen LogP contribution in [0.2, 0.25) is 0 Å². The average molecular weight is 323 g/mol. The third-order valence-electron chi connectivity index (χ3n) is 2.83. The van der Waals surface area contributed by atoms with Crippen LogP contribution in [-0.4, -0.2) is 37.8 Å². The maximum absolute atomic E-state index is 10.8. The normalized spacial score (nSPS) is 10.8. The second kappa shape index (κ2) is 7.51. The van der Waals surface area contributed by atoms with Gasteiger partial charge < -0.3 is 5.11 Å². The zero-order valence-corrected chi connectivity index (χ0v) is 13.6. The van der Waals surface area contributed by atoms with Gasteiger partial charge >= 0.3 is 5.97 Å². The molecular formula is C14H17N3O2S2. The number of benzene rings is 1. The molecule has 7 heteroatoms. The molecule has 0 saturated carbocycles. The highest BCUT2D eigenvalue weighted by atomic mass is 32.2. The van der Waals surface area contributed by atoms with Crippen LogP contribution in [0, 0.1) is 0 Å². The van der Waals surface area contributed by atoms with E-state index in [2.05, 4.69) is 17.1 Å². The third-order valence-corrected chi connectivity index (χ3v) is 4.49. The minimum Gasteiger partial charge on any atom is -0.481 e. The van der Waals surface area contributed by atoms with Crippen molar-refractivity contribution in [1.29, 1.82) is 0 Å². The summed E-state index contributed by atoms with van der Waals surface area (Å²) < 4.78 is 1.95. The monoisotopic (exact) mass is 323 g/mol. The third kappa shape index (κ3) is 4.01. The molecule has 0 radical (unpaired) electrons. The van der Waals surface area contributed by atoms with E-state index in [-0.39, 0.29) is 5.75 Å². The van der Waals surface area contributed by atoms with E-state index in [1.807, 2.05) is 35.1 Å². The molecule has 2 aromatic rings. The van der Waals surface area contributed by atoms with Gasteiger partial charge in [0.25, 0.3) is 0 Å². The first-order valence-corrected chi connectivity index (χ1v) is 8.80. The van der Waals surface area contributed by atoms with Crippen LogP contribution in [0.1, 0.15) is 19.2 Å². The SMILES string of the molecule is CCCc1nnc(SCC(=O)O)n1-c1ccc(SC)cc1. The van der Waals surface area contributed by atoms with Crippen molar-refractivity contribution in [3.63, 3.8) is 0 Å². The molecule has 2 rings (SSSR count). The predicted molar refractivity (Wildman–Crippen MR) is 85.5 cm³/mol. The zero-order chi connectivity index (χ0) is 15.2. The number of aromatic nitrogens is 3. The van der Waals surface area contributed by atoms with Crippen LogP contribution in [0.5, 0.6) is 0 Å². The molecule has 1 aromatic heterocycles. The first-order valence-electron chi connectivity index (χ1n) is 6.59. The lowest BCUT2D eigenvalue weighted by atomic mass is 10.3. The molecule has 0 fully saturated rings. The van der Waals surface area contributed by atoms with Crippen molar-refractivity contribution in [1.82, 2.24) is 14.8 Å². The lowest BCUT2D eigenvalue weighted by Gasteiger charge is -2.10. The van der Waals surface area contributed by atoms with Crippen molar-refractivity contribution in [2.75, 3.05) is 12.0 Å². The smallest absolute Gasteiger partial charge is 0.313 e. The average Bonchev–Trinajstić information content (AvgIpc) is 2.88. The molecule has 112 valence electrons. The number of rotatable bonds is 7. The van der Waals surface area contributed by atoms with Gasteiger partial charge in [-0.25, -0.2) is 0 Å². The summed E-state index contributed by atoms with van der Waals surface area (Å²) in [6, 6.07) is 8.11. The van der Waals surface area contributed by atoms with Gasteiger partial charge in [-0.1, -0.05) is 18.7 Å². The Balaban J connectivity index is 2.36. The number of aliphatic carboxylic acids is 1. The Labute approximate surface area is 132 Å². The van der Waals surface area contributed by atoms with Crippen LogP contribution in [0.25, 0.3) is 5.69 Å². The fraction of sp³-hybridized carbons (Fsp3) is 0.357. The molecule has 0 unspecified atom stereocenters. The lowest BCUT2D eigenvalue weighted by Crippen LogP contribution is -2.05. The summed E-state index contributed by atoms with van der Waals surface area (Å²) >= 11 is 2.88. The summed E-state index contributed by atoms with van der Waals surface area (Å²) in [6.45, 7) is 2.08. The second-order valence-electron chi connectivity index (χ2n) is 4.36. The van der Waals surface area contributed by atoms with Crippen molar-refractivity contribution in [3.05, 3.63) is 30.1 Å². The van der Waals surface area contributed by atoms with E-state index in [1.165, 1.54) is 16.7 Å². The number of hydrogen-bond donors (Lipinski definition) is 1. The minimum atomic E-state index is -0.857. The van der Waals surface area contributed by atoms with E-state index in [4.69, 9.17) is 5.11 Å². The van der Waals surface area contributed by atoms with Gasteiger partial charge in [0.05, 0.1) is 5.75 Å². The lowest BCUT2D eigenvalue weighted by molar-refractivity contribution is -0.133. The number of nitrogens with zero attached hydrogens (tertiary/aromatic N) is 3. The van der Waals surface area contributed by atoms with Gasteiger partial charge in [-0.3, -0.25) is 9.36 Å². The molecule has 0 aliphatic carbocycles. The number of hydrogen-bond acceptors (Lipinski definition) is 5. The molecular weight excluding hydrogens is 306 g/mol. The highest BCUT2D eigenvalue weighted by Gasteiger charge is 2.15. The van der Waals surface area contributed by atoms with E-state index >= 15 is 0 Å². The number of aryl methyl sites for hydroxylation is 1. The van der Waals surface area contributed by atoms with Gasteiger partial charge in [-0.2, -0.15) is 0 Å². The maximum atomic E-state index is 10.8. The molecule has 0 amide bonds. The van der Waals surface area contributed by atoms with Gasteiger partial charge in [0.2, 0.25) is 0 Å². The summed E-state index contributed by atoms with van der Waals surface area (Å²) in [5.41, 5.74) is 0.967. The predicted octanol–water partition coefficient (Wildman–Crippen LogP) is 3.12. The largest absolute Gasteiger partial charge is 0.481 e. The Kier molecular flexibility index (Phi) is 5.69. The number of carboxylic acid groups (broad SMARTS) is 1. The Morgan fingerprint density at radius 2 is 2.00 bits per heavy atom. The van der Waals surface area contributed by atoms with Crippen molar-refractivity contribution in [2.24, 2.45) is 0 Å². The molecule has 21 heavy (non-hydrogen) atoms. The second-order valence-corrected chi connectivity index (χ2v) is 6.19. The van der Waals surface area contributed by atoms with Gasteiger partial charge in [-0.15, -0.1) is 22.0 Å². The Morgan fingerprint density at radius 1 is 1.29 bits per heavy atom. The Hall–Kier alpha value is -1.47. The number of carboxylic acids is 1. The summed E-state index contributed by atoms with van der Waals surface area (Å²) in [5, 5.41) is 17.8. The van der Waals surface area contributed by atoms with Crippen LogP contribution in [0.3, 0.4) is 0 Å². The fourth-order valence-electron chi connectivity index (χ4n) is 1.90. The minimum absolute atomic E-state index is 0.0207. The summed E-state index contributed by atoms with van der Waals surface area (Å²) in [5.74, 6) is -0.0146. The topological polar surface area (TPSA) is 68.0 Å². The first-order chi connectivity index (χ1) is 10.2. The number of thioether (sulfide) groups is 2. The van der Waals surface area contributed by atoms with Crippen LogP contribution >= 0.6 is 23.5 Å². The van der Waals surface area contributed by atoms with E-state index in [0.29, 0.717) is 5.16 Å².